The highest BCUT2D eigenvalue weighted by Gasteiger charge is 1.99. The van der Waals surface area contributed by atoms with Crippen LogP contribution in [0.2, 0.25) is 0 Å². The topological polar surface area (TPSA) is 12.9 Å². The van der Waals surface area contributed by atoms with Crippen molar-refractivity contribution in [2.24, 2.45) is 0 Å². The molecule has 0 fully saturated rings. The van der Waals surface area contributed by atoms with Gasteiger partial charge in [-0.15, -0.1) is 0 Å². The maximum absolute atomic E-state index is 4.51. The fourth-order valence-corrected chi connectivity index (χ4v) is 1.84. The Morgan fingerprint density at radius 2 is 1.82 bits per heavy atom. The van der Waals surface area contributed by atoms with Crippen molar-refractivity contribution in [3.63, 3.8) is 0 Å². The zero-order chi connectivity index (χ0) is 12.1. The first-order valence-electron chi connectivity index (χ1n) is 6.00. The first kappa shape index (κ1) is 11.6. The smallest absolute Gasteiger partial charge is 0.0656 e. The molecule has 2 aromatic rings. The highest BCUT2D eigenvalue weighted by Crippen LogP contribution is 2.20. The summed E-state index contributed by atoms with van der Waals surface area (Å²) in [5, 5.41) is 0. The van der Waals surface area contributed by atoms with Gasteiger partial charge < -0.3 is 0 Å². The molecule has 0 unspecified atom stereocenters. The molecule has 1 nitrogen and oxygen atoms in total. The van der Waals surface area contributed by atoms with Gasteiger partial charge in [-0.3, -0.25) is 4.98 Å². The molecule has 0 bridgehead atoms. The zero-order valence-electron chi connectivity index (χ0n) is 10.4. The second kappa shape index (κ2) is 5.44. The lowest BCUT2D eigenvalue weighted by Gasteiger charge is -2.03. The summed E-state index contributed by atoms with van der Waals surface area (Å²) < 4.78 is 0. The highest BCUT2D eigenvalue weighted by molar-refractivity contribution is 5.66. The Labute approximate surface area is 103 Å². The van der Waals surface area contributed by atoms with E-state index in [2.05, 4.69) is 49.2 Å². The van der Waals surface area contributed by atoms with E-state index in [1.807, 2.05) is 24.4 Å². The lowest BCUT2D eigenvalue weighted by molar-refractivity contribution is 1.20. The Hall–Kier alpha value is -1.89. The van der Waals surface area contributed by atoms with E-state index in [4.69, 9.17) is 0 Å². The van der Waals surface area contributed by atoms with Crippen molar-refractivity contribution in [1.29, 1.82) is 0 Å². The molecule has 0 saturated carbocycles. The van der Waals surface area contributed by atoms with Crippen molar-refractivity contribution < 1.29 is 0 Å². The second-order valence-electron chi connectivity index (χ2n) is 4.09. The summed E-state index contributed by atoms with van der Waals surface area (Å²) in [6.45, 7) is 4.25. The van der Waals surface area contributed by atoms with Gasteiger partial charge in [0.2, 0.25) is 0 Å². The van der Waals surface area contributed by atoms with E-state index >= 15 is 0 Å². The maximum atomic E-state index is 4.51. The van der Waals surface area contributed by atoms with Gasteiger partial charge in [0.15, 0.2) is 0 Å². The largest absolute Gasteiger partial charge is 0.256 e. The Bertz CT molecular complexity index is 495. The van der Waals surface area contributed by atoms with Crippen LogP contribution in [-0.4, -0.2) is 4.98 Å². The van der Waals surface area contributed by atoms with Crippen LogP contribution >= 0.6 is 0 Å². The third-order valence-electron chi connectivity index (χ3n) is 2.78. The maximum Gasteiger partial charge on any atom is 0.0656 e. The minimum absolute atomic E-state index is 1.05. The van der Waals surface area contributed by atoms with Crippen LogP contribution in [0.1, 0.15) is 26.0 Å². The van der Waals surface area contributed by atoms with Gasteiger partial charge in [-0.05, 0) is 30.5 Å². The standard InChI is InChI=1S/C16H17N/c1-3-7-13(2)16-11-10-15(12-17-16)14-8-5-4-6-9-14/h4-12H,3H2,1-2H3/b13-7+. The fraction of sp³-hybridized carbons (Fsp3) is 0.188. The van der Waals surface area contributed by atoms with Crippen LogP contribution in [-0.2, 0) is 0 Å². The van der Waals surface area contributed by atoms with E-state index in [1.165, 1.54) is 16.7 Å². The Kier molecular flexibility index (Phi) is 3.71. The second-order valence-corrected chi connectivity index (χ2v) is 4.09. The molecule has 0 N–H and O–H groups in total. The van der Waals surface area contributed by atoms with E-state index in [0.29, 0.717) is 0 Å². The van der Waals surface area contributed by atoms with E-state index in [1.54, 1.807) is 0 Å². The molecule has 0 radical (unpaired) electrons. The van der Waals surface area contributed by atoms with Gasteiger partial charge in [-0.1, -0.05) is 49.4 Å². The quantitative estimate of drug-likeness (QED) is 0.743. The molecule has 0 atom stereocenters. The van der Waals surface area contributed by atoms with Gasteiger partial charge in [-0.25, -0.2) is 0 Å². The van der Waals surface area contributed by atoms with Crippen molar-refractivity contribution in [2.75, 3.05) is 0 Å². The van der Waals surface area contributed by atoms with Crippen LogP contribution in [0.25, 0.3) is 16.7 Å². The van der Waals surface area contributed by atoms with Gasteiger partial charge in [0.05, 0.1) is 5.69 Å². The molecule has 1 aromatic carbocycles. The van der Waals surface area contributed by atoms with Crippen molar-refractivity contribution in [3.05, 3.63) is 60.4 Å². The number of aromatic nitrogens is 1. The van der Waals surface area contributed by atoms with Crippen LogP contribution in [0.15, 0.2) is 54.7 Å². The summed E-state index contributed by atoms with van der Waals surface area (Å²) in [6.07, 6.45) is 5.19. The highest BCUT2D eigenvalue weighted by atomic mass is 14.7. The summed E-state index contributed by atoms with van der Waals surface area (Å²) >= 11 is 0. The number of benzene rings is 1. The molecule has 0 saturated heterocycles. The van der Waals surface area contributed by atoms with E-state index < -0.39 is 0 Å². The lowest BCUT2D eigenvalue weighted by atomic mass is 10.1. The minimum Gasteiger partial charge on any atom is -0.256 e. The number of rotatable bonds is 3. The van der Waals surface area contributed by atoms with E-state index in [9.17, 15) is 0 Å². The molecule has 1 aromatic heterocycles. The molecule has 17 heavy (non-hydrogen) atoms. The third-order valence-corrected chi connectivity index (χ3v) is 2.78. The first-order valence-corrected chi connectivity index (χ1v) is 6.00. The molecule has 1 heteroatoms. The van der Waals surface area contributed by atoms with Crippen LogP contribution in [0.5, 0.6) is 0 Å². The van der Waals surface area contributed by atoms with Crippen molar-refractivity contribution in [3.8, 4) is 11.1 Å². The SMILES string of the molecule is CC/C=C(\C)c1ccc(-c2ccccc2)cn1. The van der Waals surface area contributed by atoms with Crippen molar-refractivity contribution in [2.45, 2.75) is 20.3 Å². The van der Waals surface area contributed by atoms with Gasteiger partial charge in [0, 0.05) is 11.8 Å². The number of allylic oxidation sites excluding steroid dienone is 2. The normalized spacial score (nSPS) is 11.5. The van der Waals surface area contributed by atoms with Crippen LogP contribution in [0.3, 0.4) is 0 Å². The van der Waals surface area contributed by atoms with E-state index in [0.717, 1.165) is 12.1 Å². The molecule has 0 aliphatic rings. The predicted molar refractivity (Wildman–Crippen MR) is 73.6 cm³/mol. The number of nitrogens with zero attached hydrogens (tertiary/aromatic N) is 1. The van der Waals surface area contributed by atoms with Crippen LogP contribution in [0.4, 0.5) is 0 Å². The summed E-state index contributed by atoms with van der Waals surface area (Å²) in [5.74, 6) is 0. The van der Waals surface area contributed by atoms with Gasteiger partial charge in [-0.2, -0.15) is 0 Å². The van der Waals surface area contributed by atoms with Gasteiger partial charge in [0.25, 0.3) is 0 Å². The molecule has 0 spiro atoms. The average molecular weight is 223 g/mol. The Balaban J connectivity index is 2.28. The predicted octanol–water partition coefficient (Wildman–Crippen LogP) is 4.56. The van der Waals surface area contributed by atoms with Gasteiger partial charge >= 0.3 is 0 Å². The van der Waals surface area contributed by atoms with Gasteiger partial charge in [0.1, 0.15) is 0 Å². The fourth-order valence-electron chi connectivity index (χ4n) is 1.84. The molecule has 0 aliphatic heterocycles. The Morgan fingerprint density at radius 1 is 1.06 bits per heavy atom. The summed E-state index contributed by atoms with van der Waals surface area (Å²) in [5.41, 5.74) is 4.68. The lowest BCUT2D eigenvalue weighted by Crippen LogP contribution is -1.86. The molecule has 0 amide bonds. The number of hydrogen-bond acceptors (Lipinski definition) is 1. The number of pyridine rings is 1. The monoisotopic (exact) mass is 223 g/mol. The zero-order valence-corrected chi connectivity index (χ0v) is 10.4. The molecule has 1 heterocycles. The minimum atomic E-state index is 1.05. The average Bonchev–Trinajstić information content (AvgIpc) is 2.40. The van der Waals surface area contributed by atoms with Crippen molar-refractivity contribution >= 4 is 5.57 Å². The summed E-state index contributed by atoms with van der Waals surface area (Å²) in [4.78, 5) is 4.51. The van der Waals surface area contributed by atoms with Crippen LogP contribution < -0.4 is 0 Å². The number of hydrogen-bond donors (Lipinski definition) is 0. The summed E-state index contributed by atoms with van der Waals surface area (Å²) in [6, 6.07) is 14.5. The third kappa shape index (κ3) is 2.82. The molecule has 2 rings (SSSR count). The first-order chi connectivity index (χ1) is 8.31. The molecule has 0 aliphatic carbocycles. The molecular weight excluding hydrogens is 206 g/mol. The summed E-state index contributed by atoms with van der Waals surface area (Å²) in [7, 11) is 0. The Morgan fingerprint density at radius 3 is 2.41 bits per heavy atom. The van der Waals surface area contributed by atoms with E-state index in [-0.39, 0.29) is 0 Å². The van der Waals surface area contributed by atoms with Crippen LogP contribution in [0, 0.1) is 0 Å². The molecular formula is C16H17N. The molecule has 86 valence electrons. The van der Waals surface area contributed by atoms with Crippen molar-refractivity contribution in [1.82, 2.24) is 4.98 Å².